The Morgan fingerprint density at radius 3 is 2.65 bits per heavy atom. The van der Waals surface area contributed by atoms with Crippen LogP contribution in [0.4, 0.5) is 4.39 Å². The number of fused-ring (bicyclic) bond motifs is 1. The minimum Gasteiger partial charge on any atom is -0.350 e. The van der Waals surface area contributed by atoms with Gasteiger partial charge in [-0.3, -0.25) is 9.59 Å². The number of carbonyl (C=O) groups is 1. The summed E-state index contributed by atoms with van der Waals surface area (Å²) in [5, 5.41) is 8.14. The second kappa shape index (κ2) is 6.39. The Morgan fingerprint density at radius 1 is 1.13 bits per heavy atom. The number of halogens is 1. The van der Waals surface area contributed by atoms with E-state index < -0.39 is 5.82 Å². The zero-order chi connectivity index (χ0) is 16.2. The van der Waals surface area contributed by atoms with Crippen LogP contribution in [0, 0.1) is 5.82 Å². The fourth-order valence-corrected chi connectivity index (χ4v) is 2.27. The number of carbonyl (C=O) groups excluding carboxylic acids is 1. The topological polar surface area (TPSA) is 64.0 Å². The van der Waals surface area contributed by atoms with Crippen LogP contribution >= 0.6 is 0 Å². The molecule has 0 atom stereocenters. The van der Waals surface area contributed by atoms with Crippen molar-refractivity contribution < 1.29 is 9.18 Å². The molecule has 1 N–H and O–H groups in total. The molecule has 116 valence electrons. The van der Waals surface area contributed by atoms with Gasteiger partial charge in [0, 0.05) is 17.5 Å². The SMILES string of the molecule is O=C(NCCn1ncc2ccccc2c1=O)c1ccc(F)cc1. The summed E-state index contributed by atoms with van der Waals surface area (Å²) in [6, 6.07) is 12.5. The van der Waals surface area contributed by atoms with E-state index in [0.717, 1.165) is 5.39 Å². The van der Waals surface area contributed by atoms with Gasteiger partial charge in [0.25, 0.3) is 11.5 Å². The largest absolute Gasteiger partial charge is 0.350 e. The number of amides is 1. The van der Waals surface area contributed by atoms with Crippen molar-refractivity contribution in [2.75, 3.05) is 6.54 Å². The van der Waals surface area contributed by atoms with Gasteiger partial charge in [0.2, 0.25) is 0 Å². The molecule has 0 saturated heterocycles. The molecule has 0 fully saturated rings. The van der Waals surface area contributed by atoms with E-state index in [0.29, 0.717) is 10.9 Å². The lowest BCUT2D eigenvalue weighted by atomic mass is 10.2. The molecule has 1 aromatic heterocycles. The fraction of sp³-hybridized carbons (Fsp3) is 0.118. The van der Waals surface area contributed by atoms with Crippen LogP contribution in [-0.4, -0.2) is 22.2 Å². The summed E-state index contributed by atoms with van der Waals surface area (Å²) in [5.41, 5.74) is 0.171. The van der Waals surface area contributed by atoms with Crippen LogP contribution < -0.4 is 10.9 Å². The first kappa shape index (κ1) is 14.9. The van der Waals surface area contributed by atoms with Gasteiger partial charge < -0.3 is 5.32 Å². The van der Waals surface area contributed by atoms with Crippen molar-refractivity contribution in [3.63, 3.8) is 0 Å². The molecule has 0 bridgehead atoms. The predicted octanol–water partition coefficient (Wildman–Crippen LogP) is 1.97. The van der Waals surface area contributed by atoms with E-state index in [1.54, 1.807) is 18.3 Å². The van der Waals surface area contributed by atoms with Crippen molar-refractivity contribution in [3.05, 3.63) is 76.5 Å². The molecule has 0 aliphatic heterocycles. The molecule has 3 rings (SSSR count). The van der Waals surface area contributed by atoms with Crippen LogP contribution in [0.15, 0.2) is 59.5 Å². The van der Waals surface area contributed by atoms with Crippen molar-refractivity contribution >= 4 is 16.7 Å². The molecular formula is C17H14FN3O2. The Kier molecular flexibility index (Phi) is 4.14. The third-order valence-corrected chi connectivity index (χ3v) is 3.48. The maximum atomic E-state index is 12.8. The average molecular weight is 311 g/mol. The summed E-state index contributed by atoms with van der Waals surface area (Å²) in [6.45, 7) is 0.512. The first-order chi connectivity index (χ1) is 11.1. The second-order valence-corrected chi connectivity index (χ2v) is 5.02. The summed E-state index contributed by atoms with van der Waals surface area (Å²) in [5.74, 6) is -0.715. The lowest BCUT2D eigenvalue weighted by Gasteiger charge is -2.07. The maximum absolute atomic E-state index is 12.8. The van der Waals surface area contributed by atoms with Gasteiger partial charge in [-0.25, -0.2) is 9.07 Å². The third kappa shape index (κ3) is 3.26. The molecule has 6 heteroatoms. The molecule has 0 radical (unpaired) electrons. The Labute approximate surface area is 131 Å². The molecule has 0 aliphatic rings. The highest BCUT2D eigenvalue weighted by Crippen LogP contribution is 2.06. The highest BCUT2D eigenvalue weighted by atomic mass is 19.1. The van der Waals surface area contributed by atoms with E-state index in [2.05, 4.69) is 10.4 Å². The number of aromatic nitrogens is 2. The number of hydrogen-bond acceptors (Lipinski definition) is 3. The Morgan fingerprint density at radius 2 is 1.87 bits per heavy atom. The Hall–Kier alpha value is -3.02. The molecule has 23 heavy (non-hydrogen) atoms. The number of rotatable bonds is 4. The van der Waals surface area contributed by atoms with Crippen molar-refractivity contribution in [1.82, 2.24) is 15.1 Å². The van der Waals surface area contributed by atoms with Crippen LogP contribution in [0.5, 0.6) is 0 Å². The molecule has 1 heterocycles. The second-order valence-electron chi connectivity index (χ2n) is 5.02. The van der Waals surface area contributed by atoms with E-state index in [-0.39, 0.29) is 24.6 Å². The molecule has 1 amide bonds. The van der Waals surface area contributed by atoms with Crippen LogP contribution in [0.3, 0.4) is 0 Å². The third-order valence-electron chi connectivity index (χ3n) is 3.48. The van der Waals surface area contributed by atoms with Gasteiger partial charge in [-0.15, -0.1) is 0 Å². The van der Waals surface area contributed by atoms with Crippen LogP contribution in [0.2, 0.25) is 0 Å². The fourth-order valence-electron chi connectivity index (χ4n) is 2.27. The van der Waals surface area contributed by atoms with Crippen molar-refractivity contribution in [2.45, 2.75) is 6.54 Å². The molecule has 0 spiro atoms. The lowest BCUT2D eigenvalue weighted by molar-refractivity contribution is 0.0951. The first-order valence-electron chi connectivity index (χ1n) is 7.14. The zero-order valence-electron chi connectivity index (χ0n) is 12.2. The lowest BCUT2D eigenvalue weighted by Crippen LogP contribution is -2.32. The molecule has 0 aliphatic carbocycles. The van der Waals surface area contributed by atoms with Crippen LogP contribution in [0.1, 0.15) is 10.4 Å². The molecule has 3 aromatic rings. The van der Waals surface area contributed by atoms with Gasteiger partial charge in [0.05, 0.1) is 18.1 Å². The summed E-state index contributed by atoms with van der Waals surface area (Å²) < 4.78 is 14.1. The summed E-state index contributed by atoms with van der Waals surface area (Å²) >= 11 is 0. The van der Waals surface area contributed by atoms with E-state index in [4.69, 9.17) is 0 Å². The van der Waals surface area contributed by atoms with Gasteiger partial charge >= 0.3 is 0 Å². The smallest absolute Gasteiger partial charge is 0.274 e. The summed E-state index contributed by atoms with van der Waals surface area (Å²) in [6.07, 6.45) is 1.62. The van der Waals surface area contributed by atoms with E-state index in [1.807, 2.05) is 12.1 Å². The first-order valence-corrected chi connectivity index (χ1v) is 7.14. The quantitative estimate of drug-likeness (QED) is 0.801. The van der Waals surface area contributed by atoms with E-state index in [9.17, 15) is 14.0 Å². The van der Waals surface area contributed by atoms with Gasteiger partial charge in [-0.2, -0.15) is 5.10 Å². The normalized spacial score (nSPS) is 10.7. The van der Waals surface area contributed by atoms with Crippen molar-refractivity contribution in [3.8, 4) is 0 Å². The molecular weight excluding hydrogens is 297 g/mol. The number of benzene rings is 2. The number of nitrogens with one attached hydrogen (secondary N) is 1. The maximum Gasteiger partial charge on any atom is 0.274 e. The van der Waals surface area contributed by atoms with Crippen LogP contribution in [0.25, 0.3) is 10.8 Å². The minimum absolute atomic E-state index is 0.195. The van der Waals surface area contributed by atoms with Crippen molar-refractivity contribution in [2.24, 2.45) is 0 Å². The van der Waals surface area contributed by atoms with Crippen LogP contribution in [-0.2, 0) is 6.54 Å². The summed E-state index contributed by atoms with van der Waals surface area (Å²) in [4.78, 5) is 24.2. The molecule has 0 saturated carbocycles. The minimum atomic E-state index is -0.395. The standard InChI is InChI=1S/C17H14FN3O2/c18-14-7-5-12(6-8-14)16(22)19-9-10-21-17(23)15-4-2-1-3-13(15)11-20-21/h1-8,11H,9-10H2,(H,19,22). The molecule has 2 aromatic carbocycles. The Bertz CT molecular complexity index is 904. The molecule has 5 nitrogen and oxygen atoms in total. The van der Waals surface area contributed by atoms with Gasteiger partial charge in [0.15, 0.2) is 0 Å². The number of nitrogens with zero attached hydrogens (tertiary/aromatic N) is 2. The highest BCUT2D eigenvalue weighted by Gasteiger charge is 2.06. The van der Waals surface area contributed by atoms with Gasteiger partial charge in [0.1, 0.15) is 5.82 Å². The monoisotopic (exact) mass is 311 g/mol. The summed E-state index contributed by atoms with van der Waals surface area (Å²) in [7, 11) is 0. The van der Waals surface area contributed by atoms with E-state index >= 15 is 0 Å². The average Bonchev–Trinajstić information content (AvgIpc) is 2.57. The predicted molar refractivity (Wildman–Crippen MR) is 84.7 cm³/mol. The van der Waals surface area contributed by atoms with Crippen molar-refractivity contribution in [1.29, 1.82) is 0 Å². The van der Waals surface area contributed by atoms with E-state index in [1.165, 1.54) is 28.9 Å². The van der Waals surface area contributed by atoms with Gasteiger partial charge in [-0.05, 0) is 30.3 Å². The zero-order valence-corrected chi connectivity index (χ0v) is 12.2. The Balaban J connectivity index is 1.67. The van der Waals surface area contributed by atoms with Gasteiger partial charge in [-0.1, -0.05) is 18.2 Å². The molecule has 0 unspecified atom stereocenters. The highest BCUT2D eigenvalue weighted by molar-refractivity contribution is 5.94. The number of hydrogen-bond donors (Lipinski definition) is 1.